The minimum absolute atomic E-state index is 0.140. The number of ketones is 2. The number of carbonyl (C=O) groups excluding carboxylic acids is 2. The zero-order valence-corrected chi connectivity index (χ0v) is 18.0. The van der Waals surface area contributed by atoms with Crippen molar-refractivity contribution in [3.8, 4) is 28.7 Å². The van der Waals surface area contributed by atoms with Gasteiger partial charge >= 0.3 is 0 Å². The van der Waals surface area contributed by atoms with Crippen molar-refractivity contribution in [2.75, 3.05) is 20.5 Å². The molecule has 0 aromatic heterocycles. The molecule has 0 bridgehead atoms. The van der Waals surface area contributed by atoms with E-state index in [0.29, 0.717) is 45.4 Å². The quantitative estimate of drug-likeness (QED) is 0.406. The SMILES string of the molecule is COc1ccc(C(=O)COc2cc(C)c3c(c2)O/C(=C\c2ccc4c(c2)OCO4)C3=O)cc1. The van der Waals surface area contributed by atoms with Gasteiger partial charge in [-0.25, -0.2) is 0 Å². The van der Waals surface area contributed by atoms with Crippen LogP contribution in [0.25, 0.3) is 6.08 Å². The van der Waals surface area contributed by atoms with Crippen LogP contribution in [-0.2, 0) is 0 Å². The largest absolute Gasteiger partial charge is 0.497 e. The maximum absolute atomic E-state index is 12.9. The molecule has 2 aliphatic heterocycles. The predicted molar refractivity (Wildman–Crippen MR) is 119 cm³/mol. The van der Waals surface area contributed by atoms with E-state index in [1.165, 1.54) is 0 Å². The molecule has 0 saturated heterocycles. The average molecular weight is 444 g/mol. The number of methoxy groups -OCH3 is 1. The summed E-state index contributed by atoms with van der Waals surface area (Å²) in [5.41, 5.74) is 2.47. The summed E-state index contributed by atoms with van der Waals surface area (Å²) in [7, 11) is 1.57. The van der Waals surface area contributed by atoms with E-state index in [0.717, 1.165) is 5.56 Å². The van der Waals surface area contributed by atoms with Gasteiger partial charge in [0.05, 0.1) is 12.7 Å². The molecule has 0 spiro atoms. The van der Waals surface area contributed by atoms with Gasteiger partial charge in [0.1, 0.15) is 17.2 Å². The molecule has 3 aromatic carbocycles. The van der Waals surface area contributed by atoms with Gasteiger partial charge in [-0.1, -0.05) is 6.07 Å². The first-order chi connectivity index (χ1) is 16.0. The molecule has 33 heavy (non-hydrogen) atoms. The van der Waals surface area contributed by atoms with Gasteiger partial charge in [-0.05, 0) is 66.6 Å². The normalized spacial score (nSPS) is 14.7. The van der Waals surface area contributed by atoms with Crippen LogP contribution in [0, 0.1) is 6.92 Å². The van der Waals surface area contributed by atoms with Crippen molar-refractivity contribution in [3.63, 3.8) is 0 Å². The Morgan fingerprint density at radius 3 is 2.55 bits per heavy atom. The molecule has 0 amide bonds. The Balaban J connectivity index is 1.32. The summed E-state index contributed by atoms with van der Waals surface area (Å²) in [5.74, 6) is 2.65. The van der Waals surface area contributed by atoms with Gasteiger partial charge in [-0.3, -0.25) is 9.59 Å². The van der Waals surface area contributed by atoms with Crippen LogP contribution in [0.15, 0.2) is 60.4 Å². The highest BCUT2D eigenvalue weighted by Crippen LogP contribution is 2.38. The highest BCUT2D eigenvalue weighted by Gasteiger charge is 2.30. The number of hydrogen-bond acceptors (Lipinski definition) is 7. The number of benzene rings is 3. The summed E-state index contributed by atoms with van der Waals surface area (Å²) in [4.78, 5) is 25.4. The van der Waals surface area contributed by atoms with Crippen molar-refractivity contribution in [2.45, 2.75) is 6.92 Å². The second kappa shape index (κ2) is 8.35. The van der Waals surface area contributed by atoms with Gasteiger partial charge in [0.25, 0.3) is 0 Å². The number of hydrogen-bond donors (Lipinski definition) is 0. The Morgan fingerprint density at radius 1 is 0.970 bits per heavy atom. The van der Waals surface area contributed by atoms with Crippen molar-refractivity contribution in [2.24, 2.45) is 0 Å². The lowest BCUT2D eigenvalue weighted by molar-refractivity contribution is 0.0920. The number of Topliss-reactive ketones (excluding diaryl/α,β-unsaturated/α-hetero) is 2. The number of allylic oxidation sites excluding steroid dienone is 1. The van der Waals surface area contributed by atoms with E-state index in [1.54, 1.807) is 61.7 Å². The first-order valence-corrected chi connectivity index (χ1v) is 10.3. The zero-order chi connectivity index (χ0) is 22.9. The fourth-order valence-corrected chi connectivity index (χ4v) is 3.72. The summed E-state index contributed by atoms with van der Waals surface area (Å²) >= 11 is 0. The number of carbonyl (C=O) groups is 2. The molecule has 5 rings (SSSR count). The lowest BCUT2D eigenvalue weighted by atomic mass is 10.0. The van der Waals surface area contributed by atoms with E-state index in [2.05, 4.69) is 0 Å². The van der Waals surface area contributed by atoms with Crippen LogP contribution in [0.2, 0.25) is 0 Å². The number of aryl methyl sites for hydroxylation is 1. The van der Waals surface area contributed by atoms with Crippen molar-refractivity contribution in [1.29, 1.82) is 0 Å². The lowest BCUT2D eigenvalue weighted by Gasteiger charge is -2.09. The van der Waals surface area contributed by atoms with E-state index < -0.39 is 0 Å². The standard InChI is InChI=1S/C26H20O7/c1-15-9-19(30-13-20(27)17-4-6-18(29-2)7-5-17)12-23-25(15)26(28)24(33-23)11-16-3-8-21-22(10-16)32-14-31-21/h3-12H,13-14H2,1-2H3/b24-11-. The van der Waals surface area contributed by atoms with Gasteiger partial charge in [0.2, 0.25) is 12.6 Å². The summed E-state index contributed by atoms with van der Waals surface area (Å²) in [5, 5.41) is 0. The molecule has 0 radical (unpaired) electrons. The third-order valence-corrected chi connectivity index (χ3v) is 5.42. The Morgan fingerprint density at radius 2 is 1.76 bits per heavy atom. The molecule has 166 valence electrons. The van der Waals surface area contributed by atoms with Gasteiger partial charge in [-0.15, -0.1) is 0 Å². The Hall–Kier alpha value is -4.26. The third-order valence-electron chi connectivity index (χ3n) is 5.42. The topological polar surface area (TPSA) is 80.3 Å². The smallest absolute Gasteiger partial charge is 0.232 e. The molecule has 0 fully saturated rings. The molecule has 3 aromatic rings. The van der Waals surface area contributed by atoms with Crippen molar-refractivity contribution in [1.82, 2.24) is 0 Å². The highest BCUT2D eigenvalue weighted by atomic mass is 16.7. The number of fused-ring (bicyclic) bond motifs is 2. The summed E-state index contributed by atoms with van der Waals surface area (Å²) in [6.07, 6.45) is 1.66. The highest BCUT2D eigenvalue weighted by molar-refractivity contribution is 6.15. The molecule has 0 saturated carbocycles. The van der Waals surface area contributed by atoms with Crippen molar-refractivity contribution >= 4 is 17.6 Å². The second-order valence-corrected chi connectivity index (χ2v) is 7.61. The van der Waals surface area contributed by atoms with Crippen LogP contribution in [0.1, 0.15) is 31.8 Å². The zero-order valence-electron chi connectivity index (χ0n) is 18.0. The number of ether oxygens (including phenoxy) is 5. The molecular weight excluding hydrogens is 424 g/mol. The molecule has 7 heteroatoms. The first-order valence-electron chi connectivity index (χ1n) is 10.3. The first kappa shape index (κ1) is 20.6. The molecule has 0 aliphatic carbocycles. The molecule has 0 atom stereocenters. The maximum atomic E-state index is 12.9. The van der Waals surface area contributed by atoms with Crippen LogP contribution in [0.3, 0.4) is 0 Å². The van der Waals surface area contributed by atoms with Crippen LogP contribution in [0.5, 0.6) is 28.7 Å². The lowest BCUT2D eigenvalue weighted by Crippen LogP contribution is -2.11. The van der Waals surface area contributed by atoms with Gasteiger partial charge < -0.3 is 23.7 Å². The van der Waals surface area contributed by atoms with E-state index in [4.69, 9.17) is 23.7 Å². The molecule has 0 N–H and O–H groups in total. The third kappa shape index (κ3) is 4.01. The monoisotopic (exact) mass is 444 g/mol. The Bertz CT molecular complexity index is 1290. The Labute approximate surface area is 190 Å². The Kier molecular flexibility index (Phi) is 5.22. The minimum atomic E-state index is -0.207. The van der Waals surface area contributed by atoms with Crippen LogP contribution < -0.4 is 23.7 Å². The summed E-state index contributed by atoms with van der Waals surface area (Å²) < 4.78 is 27.4. The molecule has 0 unspecified atom stereocenters. The van der Waals surface area contributed by atoms with Crippen LogP contribution >= 0.6 is 0 Å². The maximum Gasteiger partial charge on any atom is 0.232 e. The fourth-order valence-electron chi connectivity index (χ4n) is 3.72. The second-order valence-electron chi connectivity index (χ2n) is 7.61. The van der Waals surface area contributed by atoms with Crippen molar-refractivity contribution in [3.05, 3.63) is 82.6 Å². The van der Waals surface area contributed by atoms with E-state index >= 15 is 0 Å². The van der Waals surface area contributed by atoms with Gasteiger partial charge in [0, 0.05) is 11.6 Å². The average Bonchev–Trinajstić information content (AvgIpc) is 3.41. The van der Waals surface area contributed by atoms with Gasteiger partial charge in [-0.2, -0.15) is 0 Å². The predicted octanol–water partition coefficient (Wildman–Crippen LogP) is 4.61. The van der Waals surface area contributed by atoms with Crippen LogP contribution in [0.4, 0.5) is 0 Å². The number of rotatable bonds is 6. The fraction of sp³-hybridized carbons (Fsp3) is 0.154. The summed E-state index contributed by atoms with van der Waals surface area (Å²) in [6, 6.07) is 15.6. The van der Waals surface area contributed by atoms with E-state index in [1.807, 2.05) is 13.0 Å². The molecular formula is C26H20O7. The molecule has 2 aliphatic rings. The van der Waals surface area contributed by atoms with Crippen molar-refractivity contribution < 1.29 is 33.3 Å². The van der Waals surface area contributed by atoms with Gasteiger partial charge in [0.15, 0.2) is 29.6 Å². The molecule has 7 nitrogen and oxygen atoms in total. The van der Waals surface area contributed by atoms with E-state index in [9.17, 15) is 9.59 Å². The van der Waals surface area contributed by atoms with Crippen LogP contribution in [-0.4, -0.2) is 32.1 Å². The summed E-state index contributed by atoms with van der Waals surface area (Å²) in [6.45, 7) is 1.85. The molecule has 2 heterocycles. The van der Waals surface area contributed by atoms with E-state index in [-0.39, 0.29) is 30.7 Å². The minimum Gasteiger partial charge on any atom is -0.497 e.